The first kappa shape index (κ1) is 15.8. The third-order valence-electron chi connectivity index (χ3n) is 4.46. The second kappa shape index (κ2) is 6.48. The zero-order valence-electron chi connectivity index (χ0n) is 14.1. The predicted molar refractivity (Wildman–Crippen MR) is 89.0 cm³/mol. The fourth-order valence-corrected chi connectivity index (χ4v) is 2.98. The van der Waals surface area contributed by atoms with Crippen LogP contribution in [0.1, 0.15) is 58.7 Å². The Morgan fingerprint density at radius 2 is 1.71 bits per heavy atom. The first-order valence-corrected chi connectivity index (χ1v) is 7.83. The van der Waals surface area contributed by atoms with Crippen LogP contribution in [0.25, 0.3) is 0 Å². The number of furan rings is 1. The molecule has 0 spiro atoms. The molecule has 0 aliphatic rings. The molecule has 1 atom stereocenters. The molecule has 1 aromatic carbocycles. The number of benzene rings is 1. The van der Waals surface area contributed by atoms with Crippen molar-refractivity contribution in [2.75, 3.05) is 6.54 Å². The molecule has 1 aromatic heterocycles. The largest absolute Gasteiger partial charge is 0.466 e. The maximum absolute atomic E-state index is 5.86. The number of hydrogen-bond donors (Lipinski definition) is 1. The second-order valence-corrected chi connectivity index (χ2v) is 5.93. The molecule has 2 nitrogen and oxygen atoms in total. The minimum absolute atomic E-state index is 0.210. The van der Waals surface area contributed by atoms with Crippen molar-refractivity contribution in [3.8, 4) is 0 Å². The molecule has 0 saturated carbocycles. The fraction of sp³-hybridized carbons (Fsp3) is 0.474. The van der Waals surface area contributed by atoms with E-state index in [4.69, 9.17) is 4.42 Å². The van der Waals surface area contributed by atoms with E-state index in [0.717, 1.165) is 24.5 Å². The van der Waals surface area contributed by atoms with Gasteiger partial charge in [0.05, 0.1) is 6.04 Å². The maximum Gasteiger partial charge on any atom is 0.106 e. The summed E-state index contributed by atoms with van der Waals surface area (Å²) >= 11 is 0. The lowest BCUT2D eigenvalue weighted by Gasteiger charge is -2.22. The highest BCUT2D eigenvalue weighted by molar-refractivity contribution is 5.45. The summed E-state index contributed by atoms with van der Waals surface area (Å²) in [6.07, 6.45) is 1.12. The Kier molecular flexibility index (Phi) is 4.89. The average molecular weight is 285 g/mol. The monoisotopic (exact) mass is 285 g/mol. The van der Waals surface area contributed by atoms with Crippen LogP contribution < -0.4 is 5.32 Å². The van der Waals surface area contributed by atoms with Gasteiger partial charge < -0.3 is 9.73 Å². The number of rotatable bonds is 5. The van der Waals surface area contributed by atoms with Gasteiger partial charge in [0.1, 0.15) is 11.5 Å². The molecule has 2 heteroatoms. The molecular formula is C19H27NO. The van der Waals surface area contributed by atoms with Crippen molar-refractivity contribution in [2.45, 2.75) is 54.0 Å². The Morgan fingerprint density at radius 1 is 1.00 bits per heavy atom. The minimum atomic E-state index is 0.210. The predicted octanol–water partition coefficient (Wildman–Crippen LogP) is 4.91. The molecule has 0 bridgehead atoms. The van der Waals surface area contributed by atoms with E-state index in [1.807, 2.05) is 6.92 Å². The molecule has 114 valence electrons. The molecule has 21 heavy (non-hydrogen) atoms. The van der Waals surface area contributed by atoms with Gasteiger partial charge in [-0.3, -0.25) is 0 Å². The first-order valence-electron chi connectivity index (χ1n) is 7.83. The fourth-order valence-electron chi connectivity index (χ4n) is 2.98. The minimum Gasteiger partial charge on any atom is -0.466 e. The molecule has 0 radical (unpaired) electrons. The van der Waals surface area contributed by atoms with Crippen LogP contribution in [0, 0.1) is 34.6 Å². The van der Waals surface area contributed by atoms with Crippen LogP contribution in [0.2, 0.25) is 0 Å². The van der Waals surface area contributed by atoms with Gasteiger partial charge in [-0.2, -0.15) is 0 Å². The van der Waals surface area contributed by atoms with E-state index in [2.05, 4.69) is 58.1 Å². The number of aryl methyl sites for hydroxylation is 3. The van der Waals surface area contributed by atoms with Gasteiger partial charge in [0.25, 0.3) is 0 Å². The van der Waals surface area contributed by atoms with Gasteiger partial charge in [0.15, 0.2) is 0 Å². The Bertz CT molecular complexity index is 625. The highest BCUT2D eigenvalue weighted by Crippen LogP contribution is 2.33. The summed E-state index contributed by atoms with van der Waals surface area (Å²) in [5.41, 5.74) is 6.63. The van der Waals surface area contributed by atoms with E-state index in [9.17, 15) is 0 Å². The van der Waals surface area contributed by atoms with Gasteiger partial charge in [0.2, 0.25) is 0 Å². The molecule has 0 aliphatic carbocycles. The molecular weight excluding hydrogens is 258 g/mol. The standard InChI is InChI=1S/C19H27NO/c1-7-11-20-19(17-10-8-9-12(2)13(17)3)18-14(4)15(5)21-16(18)6/h8-10,19-20H,7,11H2,1-6H3. The number of nitrogens with one attached hydrogen (secondary N) is 1. The Balaban J connectivity index is 2.55. The lowest BCUT2D eigenvalue weighted by atomic mass is 9.90. The third kappa shape index (κ3) is 3.06. The van der Waals surface area contributed by atoms with Crippen LogP contribution in [-0.2, 0) is 0 Å². The van der Waals surface area contributed by atoms with Crippen LogP contribution in [-0.4, -0.2) is 6.54 Å². The first-order chi connectivity index (χ1) is 9.97. The van der Waals surface area contributed by atoms with E-state index < -0.39 is 0 Å². The van der Waals surface area contributed by atoms with Gasteiger partial charge in [-0.25, -0.2) is 0 Å². The van der Waals surface area contributed by atoms with E-state index in [0.29, 0.717) is 0 Å². The third-order valence-corrected chi connectivity index (χ3v) is 4.46. The van der Waals surface area contributed by atoms with Crippen LogP contribution >= 0.6 is 0 Å². The summed E-state index contributed by atoms with van der Waals surface area (Å²) in [5, 5.41) is 3.71. The topological polar surface area (TPSA) is 25.2 Å². The lowest BCUT2D eigenvalue weighted by molar-refractivity contribution is 0.492. The zero-order chi connectivity index (χ0) is 15.6. The number of hydrogen-bond acceptors (Lipinski definition) is 2. The van der Waals surface area contributed by atoms with Crippen molar-refractivity contribution in [3.63, 3.8) is 0 Å². The average Bonchev–Trinajstić information content (AvgIpc) is 2.69. The molecule has 2 aromatic rings. The molecule has 1 heterocycles. The maximum atomic E-state index is 5.86. The smallest absolute Gasteiger partial charge is 0.106 e. The molecule has 1 unspecified atom stereocenters. The van der Waals surface area contributed by atoms with Crippen LogP contribution in [0.15, 0.2) is 22.6 Å². The summed E-state index contributed by atoms with van der Waals surface area (Å²) in [6, 6.07) is 6.77. The van der Waals surface area contributed by atoms with Crippen molar-refractivity contribution in [2.24, 2.45) is 0 Å². The van der Waals surface area contributed by atoms with E-state index >= 15 is 0 Å². The summed E-state index contributed by atoms with van der Waals surface area (Å²) in [6.45, 7) is 13.9. The molecule has 1 N–H and O–H groups in total. The van der Waals surface area contributed by atoms with Crippen LogP contribution in [0.4, 0.5) is 0 Å². The summed E-state index contributed by atoms with van der Waals surface area (Å²) in [4.78, 5) is 0. The van der Waals surface area contributed by atoms with Crippen molar-refractivity contribution >= 4 is 0 Å². The molecule has 2 rings (SSSR count). The molecule has 0 amide bonds. The SMILES string of the molecule is CCCNC(c1cccc(C)c1C)c1c(C)oc(C)c1C. The normalized spacial score (nSPS) is 12.7. The second-order valence-electron chi connectivity index (χ2n) is 5.93. The highest BCUT2D eigenvalue weighted by atomic mass is 16.3. The van der Waals surface area contributed by atoms with E-state index in [-0.39, 0.29) is 6.04 Å². The van der Waals surface area contributed by atoms with Crippen molar-refractivity contribution in [3.05, 3.63) is 57.5 Å². The van der Waals surface area contributed by atoms with Crippen molar-refractivity contribution < 1.29 is 4.42 Å². The Morgan fingerprint density at radius 3 is 2.29 bits per heavy atom. The van der Waals surface area contributed by atoms with Gasteiger partial charge in [-0.1, -0.05) is 25.1 Å². The Hall–Kier alpha value is -1.54. The van der Waals surface area contributed by atoms with Gasteiger partial charge in [0, 0.05) is 5.56 Å². The summed E-state index contributed by atoms with van der Waals surface area (Å²) in [5.74, 6) is 2.05. The summed E-state index contributed by atoms with van der Waals surface area (Å²) in [7, 11) is 0. The van der Waals surface area contributed by atoms with E-state index in [1.165, 1.54) is 27.8 Å². The van der Waals surface area contributed by atoms with Crippen LogP contribution in [0.3, 0.4) is 0 Å². The molecule has 0 saturated heterocycles. The van der Waals surface area contributed by atoms with Crippen molar-refractivity contribution in [1.82, 2.24) is 5.32 Å². The van der Waals surface area contributed by atoms with Crippen molar-refractivity contribution in [1.29, 1.82) is 0 Å². The zero-order valence-corrected chi connectivity index (χ0v) is 14.1. The lowest BCUT2D eigenvalue weighted by Crippen LogP contribution is -2.25. The van der Waals surface area contributed by atoms with Gasteiger partial charge in [-0.05, 0) is 69.8 Å². The van der Waals surface area contributed by atoms with Crippen LogP contribution in [0.5, 0.6) is 0 Å². The Labute approximate surface area is 128 Å². The van der Waals surface area contributed by atoms with Gasteiger partial charge in [-0.15, -0.1) is 0 Å². The summed E-state index contributed by atoms with van der Waals surface area (Å²) < 4.78 is 5.86. The highest BCUT2D eigenvalue weighted by Gasteiger charge is 2.23. The van der Waals surface area contributed by atoms with E-state index in [1.54, 1.807) is 0 Å². The van der Waals surface area contributed by atoms with Gasteiger partial charge >= 0.3 is 0 Å². The molecule has 0 aliphatic heterocycles. The molecule has 0 fully saturated rings. The quantitative estimate of drug-likeness (QED) is 0.844.